The zero-order valence-corrected chi connectivity index (χ0v) is 9.84. The predicted octanol–water partition coefficient (Wildman–Crippen LogP) is 2.94. The number of carboxylic acids is 1. The fourth-order valence-corrected chi connectivity index (χ4v) is 1.85. The van der Waals surface area contributed by atoms with Gasteiger partial charge >= 0.3 is 5.97 Å². The second kappa shape index (κ2) is 4.13. The summed E-state index contributed by atoms with van der Waals surface area (Å²) in [5, 5.41) is 9.78. The molecule has 0 atom stereocenters. The Kier molecular flexibility index (Phi) is 3.32. The second-order valence-corrected chi connectivity index (χ2v) is 4.28. The van der Waals surface area contributed by atoms with Gasteiger partial charge in [-0.05, 0) is 25.0 Å². The van der Waals surface area contributed by atoms with Gasteiger partial charge in [0.25, 0.3) is 0 Å². The molecule has 0 radical (unpaired) electrons. The molecule has 0 unspecified atom stereocenters. The fourth-order valence-electron chi connectivity index (χ4n) is 1.36. The maximum atomic E-state index is 11.1. The Morgan fingerprint density at radius 3 is 2.50 bits per heavy atom. The van der Waals surface area contributed by atoms with Crippen LogP contribution in [0.1, 0.15) is 25.0 Å². The largest absolute Gasteiger partial charge is 0.481 e. The Hall–Kier alpha value is -0.830. The molecule has 14 heavy (non-hydrogen) atoms. The van der Waals surface area contributed by atoms with Gasteiger partial charge < -0.3 is 5.11 Å². The second-order valence-electron chi connectivity index (χ2n) is 3.72. The normalized spacial score (nSPS) is 11.4. The van der Waals surface area contributed by atoms with E-state index in [9.17, 15) is 4.79 Å². The number of carbonyl (C=O) groups is 1. The van der Waals surface area contributed by atoms with Crippen LogP contribution in [0.15, 0.2) is 24.3 Å². The lowest BCUT2D eigenvalue weighted by Crippen LogP contribution is -2.29. The van der Waals surface area contributed by atoms with E-state index in [1.807, 2.05) is 24.3 Å². The molecule has 0 saturated heterocycles. The summed E-state index contributed by atoms with van der Waals surface area (Å²) < 4.78 is 0. The van der Waals surface area contributed by atoms with Gasteiger partial charge in [0.1, 0.15) is 0 Å². The molecule has 76 valence electrons. The predicted molar refractivity (Wildman–Crippen MR) is 59.7 cm³/mol. The SMILES string of the molecule is CC(C)(C(=O)O)c1ccccc1CBr. The maximum absolute atomic E-state index is 11.1. The first kappa shape index (κ1) is 11.2. The van der Waals surface area contributed by atoms with E-state index >= 15 is 0 Å². The average Bonchev–Trinajstić information content (AvgIpc) is 2.17. The van der Waals surface area contributed by atoms with Gasteiger partial charge in [0.2, 0.25) is 0 Å². The topological polar surface area (TPSA) is 37.3 Å². The van der Waals surface area contributed by atoms with Crippen molar-refractivity contribution in [2.24, 2.45) is 0 Å². The summed E-state index contributed by atoms with van der Waals surface area (Å²) in [6.45, 7) is 3.44. The van der Waals surface area contributed by atoms with Crippen molar-refractivity contribution in [3.05, 3.63) is 35.4 Å². The van der Waals surface area contributed by atoms with E-state index in [1.54, 1.807) is 13.8 Å². The lowest BCUT2D eigenvalue weighted by molar-refractivity contribution is -0.142. The van der Waals surface area contributed by atoms with E-state index in [-0.39, 0.29) is 0 Å². The van der Waals surface area contributed by atoms with Crippen LogP contribution in [0.4, 0.5) is 0 Å². The van der Waals surface area contributed by atoms with Crippen LogP contribution < -0.4 is 0 Å². The van der Waals surface area contributed by atoms with Crippen LogP contribution in [-0.2, 0) is 15.5 Å². The Bertz CT molecular complexity index is 345. The lowest BCUT2D eigenvalue weighted by Gasteiger charge is -2.22. The number of aliphatic carboxylic acids is 1. The van der Waals surface area contributed by atoms with Crippen LogP contribution in [0.2, 0.25) is 0 Å². The standard InChI is InChI=1S/C11H13BrO2/c1-11(2,10(13)14)9-6-4-3-5-8(9)7-12/h3-6H,7H2,1-2H3,(H,13,14). The third kappa shape index (κ3) is 1.98. The van der Waals surface area contributed by atoms with Crippen molar-refractivity contribution in [3.8, 4) is 0 Å². The Labute approximate surface area is 92.1 Å². The van der Waals surface area contributed by atoms with Gasteiger partial charge in [0, 0.05) is 5.33 Å². The van der Waals surface area contributed by atoms with Crippen molar-refractivity contribution in [2.75, 3.05) is 0 Å². The minimum absolute atomic E-state index is 0.680. The first-order chi connectivity index (χ1) is 6.50. The molecule has 3 heteroatoms. The van der Waals surface area contributed by atoms with Crippen molar-refractivity contribution in [3.63, 3.8) is 0 Å². The molecular weight excluding hydrogens is 244 g/mol. The third-order valence-electron chi connectivity index (χ3n) is 2.37. The smallest absolute Gasteiger partial charge is 0.313 e. The van der Waals surface area contributed by atoms with Crippen molar-refractivity contribution < 1.29 is 9.90 Å². The average molecular weight is 257 g/mol. The molecule has 1 aromatic carbocycles. The first-order valence-corrected chi connectivity index (χ1v) is 5.50. The summed E-state index contributed by atoms with van der Waals surface area (Å²) in [5.74, 6) is -0.800. The number of alkyl halides is 1. The van der Waals surface area contributed by atoms with Gasteiger partial charge in [0.15, 0.2) is 0 Å². The molecule has 2 nitrogen and oxygen atoms in total. The zero-order chi connectivity index (χ0) is 10.8. The number of hydrogen-bond donors (Lipinski definition) is 1. The van der Waals surface area contributed by atoms with Crippen LogP contribution >= 0.6 is 15.9 Å². The molecule has 0 saturated carbocycles. The maximum Gasteiger partial charge on any atom is 0.313 e. The van der Waals surface area contributed by atoms with E-state index in [4.69, 9.17) is 5.11 Å². The highest BCUT2D eigenvalue weighted by atomic mass is 79.9. The first-order valence-electron chi connectivity index (χ1n) is 4.38. The molecule has 0 amide bonds. The summed E-state index contributed by atoms with van der Waals surface area (Å²) in [5.41, 5.74) is 1.06. The van der Waals surface area contributed by atoms with Gasteiger partial charge in [-0.3, -0.25) is 4.79 Å². The molecule has 1 rings (SSSR count). The summed E-state index contributed by atoms with van der Waals surface area (Å²) in [7, 11) is 0. The van der Waals surface area contributed by atoms with Crippen molar-refractivity contribution in [2.45, 2.75) is 24.6 Å². The van der Waals surface area contributed by atoms with E-state index in [2.05, 4.69) is 15.9 Å². The van der Waals surface area contributed by atoms with E-state index in [0.717, 1.165) is 11.1 Å². The van der Waals surface area contributed by atoms with E-state index in [0.29, 0.717) is 5.33 Å². The molecule has 0 aliphatic heterocycles. The van der Waals surface area contributed by atoms with Crippen molar-refractivity contribution in [1.29, 1.82) is 0 Å². The van der Waals surface area contributed by atoms with Crippen LogP contribution in [0.5, 0.6) is 0 Å². The van der Waals surface area contributed by atoms with Gasteiger partial charge in [0.05, 0.1) is 5.41 Å². The molecule has 0 heterocycles. The number of rotatable bonds is 3. The molecular formula is C11H13BrO2. The van der Waals surface area contributed by atoms with Crippen LogP contribution in [0.3, 0.4) is 0 Å². The van der Waals surface area contributed by atoms with Gasteiger partial charge in [-0.1, -0.05) is 40.2 Å². The molecule has 0 spiro atoms. The number of benzene rings is 1. The highest BCUT2D eigenvalue weighted by Gasteiger charge is 2.30. The quantitative estimate of drug-likeness (QED) is 0.845. The molecule has 0 aliphatic carbocycles. The van der Waals surface area contributed by atoms with Crippen LogP contribution in [0, 0.1) is 0 Å². The fraction of sp³-hybridized carbons (Fsp3) is 0.364. The van der Waals surface area contributed by atoms with Gasteiger partial charge in [-0.15, -0.1) is 0 Å². The molecule has 0 aromatic heterocycles. The summed E-state index contributed by atoms with van der Waals surface area (Å²) in [6, 6.07) is 7.59. The van der Waals surface area contributed by atoms with Crippen molar-refractivity contribution >= 4 is 21.9 Å². The molecule has 1 N–H and O–H groups in total. The summed E-state index contributed by atoms with van der Waals surface area (Å²) in [4.78, 5) is 11.1. The monoisotopic (exact) mass is 256 g/mol. The van der Waals surface area contributed by atoms with Crippen LogP contribution in [0.25, 0.3) is 0 Å². The molecule has 0 fully saturated rings. The molecule has 0 aliphatic rings. The van der Waals surface area contributed by atoms with Gasteiger partial charge in [-0.2, -0.15) is 0 Å². The number of halogens is 1. The van der Waals surface area contributed by atoms with E-state index in [1.165, 1.54) is 0 Å². The number of carboxylic acid groups (broad SMARTS) is 1. The van der Waals surface area contributed by atoms with E-state index < -0.39 is 11.4 Å². The van der Waals surface area contributed by atoms with Crippen LogP contribution in [-0.4, -0.2) is 11.1 Å². The minimum Gasteiger partial charge on any atom is -0.481 e. The zero-order valence-electron chi connectivity index (χ0n) is 8.25. The van der Waals surface area contributed by atoms with Gasteiger partial charge in [-0.25, -0.2) is 0 Å². The molecule has 0 bridgehead atoms. The lowest BCUT2D eigenvalue weighted by atomic mass is 9.82. The minimum atomic E-state index is -0.829. The Morgan fingerprint density at radius 1 is 1.43 bits per heavy atom. The third-order valence-corrected chi connectivity index (χ3v) is 2.97. The highest BCUT2D eigenvalue weighted by Crippen LogP contribution is 2.27. The Balaban J connectivity index is 3.24. The summed E-state index contributed by atoms with van der Waals surface area (Å²) in [6.07, 6.45) is 0. The molecule has 1 aromatic rings. The summed E-state index contributed by atoms with van der Waals surface area (Å²) >= 11 is 3.36. The Morgan fingerprint density at radius 2 is 2.00 bits per heavy atom. The highest BCUT2D eigenvalue weighted by molar-refractivity contribution is 9.08. The van der Waals surface area contributed by atoms with Crippen molar-refractivity contribution in [1.82, 2.24) is 0 Å². The number of hydrogen-bond acceptors (Lipinski definition) is 1.